The number of carbonyl (C=O) groups is 2. The van der Waals surface area contributed by atoms with Crippen LogP contribution in [0.25, 0.3) is 0 Å². The summed E-state index contributed by atoms with van der Waals surface area (Å²) in [4.78, 5) is 25.7. The third-order valence-electron chi connectivity index (χ3n) is 3.42. The molecule has 0 radical (unpaired) electrons. The average Bonchev–Trinajstić information content (AvgIpc) is 2.52. The van der Waals surface area contributed by atoms with Gasteiger partial charge < -0.3 is 15.4 Å². The Labute approximate surface area is 148 Å². The van der Waals surface area contributed by atoms with Gasteiger partial charge in [-0.15, -0.1) is 0 Å². The molecule has 6 nitrogen and oxygen atoms in total. The molecule has 0 aliphatic heterocycles. The van der Waals surface area contributed by atoms with Crippen molar-refractivity contribution in [2.75, 3.05) is 27.2 Å². The molecular weight excluding hydrogens is 330 g/mol. The van der Waals surface area contributed by atoms with Crippen LogP contribution >= 0.6 is 11.6 Å². The molecule has 0 saturated heterocycles. The number of halogens is 1. The number of hydrogen-bond donors (Lipinski definition) is 2. The molecule has 0 saturated carbocycles. The maximum absolute atomic E-state index is 12.1. The molecule has 24 heavy (non-hydrogen) atoms. The molecule has 1 rings (SSSR count). The quantitative estimate of drug-likeness (QED) is 0.708. The van der Waals surface area contributed by atoms with Crippen molar-refractivity contribution in [3.8, 4) is 5.75 Å². The van der Waals surface area contributed by atoms with Gasteiger partial charge in [0.25, 0.3) is 0 Å². The second-order valence-electron chi connectivity index (χ2n) is 5.71. The van der Waals surface area contributed by atoms with Gasteiger partial charge in [-0.25, -0.2) is 0 Å². The highest BCUT2D eigenvalue weighted by molar-refractivity contribution is 6.30. The minimum Gasteiger partial charge on any atom is -0.496 e. The van der Waals surface area contributed by atoms with Crippen molar-refractivity contribution in [1.29, 1.82) is 0 Å². The van der Waals surface area contributed by atoms with Gasteiger partial charge in [-0.2, -0.15) is 0 Å². The largest absolute Gasteiger partial charge is 0.496 e. The van der Waals surface area contributed by atoms with Crippen molar-refractivity contribution in [2.24, 2.45) is 0 Å². The van der Waals surface area contributed by atoms with Crippen LogP contribution in [0.1, 0.15) is 25.8 Å². The van der Waals surface area contributed by atoms with E-state index in [0.717, 1.165) is 17.7 Å². The molecule has 0 aromatic heterocycles. The molecular formula is C17H26ClN3O3. The minimum absolute atomic E-state index is 0.168. The maximum Gasteiger partial charge on any atom is 0.242 e. The van der Waals surface area contributed by atoms with Crippen molar-refractivity contribution in [3.63, 3.8) is 0 Å². The predicted molar refractivity (Wildman–Crippen MR) is 95.2 cm³/mol. The van der Waals surface area contributed by atoms with Crippen LogP contribution in [-0.2, 0) is 16.1 Å². The standard InChI is InChI=1S/C17H26ClN3O3/c1-5-8-19-17(23)12(2)20-16(22)11-21(3)10-13-9-14(18)6-7-15(13)24-4/h6-7,9,12H,5,8,10-11H2,1-4H3,(H,19,23)(H,20,22)/t12-/m0/s1. The lowest BCUT2D eigenvalue weighted by atomic mass is 10.2. The normalized spacial score (nSPS) is 11.9. The highest BCUT2D eigenvalue weighted by Gasteiger charge is 2.16. The van der Waals surface area contributed by atoms with E-state index in [1.165, 1.54) is 0 Å². The SMILES string of the molecule is CCCNC(=O)[C@H](C)NC(=O)CN(C)Cc1cc(Cl)ccc1OC. The summed E-state index contributed by atoms with van der Waals surface area (Å²) < 4.78 is 5.30. The molecule has 2 amide bonds. The molecule has 0 fully saturated rings. The second-order valence-corrected chi connectivity index (χ2v) is 6.15. The molecule has 0 spiro atoms. The van der Waals surface area contributed by atoms with Crippen molar-refractivity contribution >= 4 is 23.4 Å². The monoisotopic (exact) mass is 355 g/mol. The number of amides is 2. The summed E-state index contributed by atoms with van der Waals surface area (Å²) >= 11 is 6.01. The average molecular weight is 356 g/mol. The second kappa shape index (κ2) is 10.2. The first-order valence-corrected chi connectivity index (χ1v) is 8.33. The van der Waals surface area contributed by atoms with Gasteiger partial charge in [0.2, 0.25) is 11.8 Å². The van der Waals surface area contributed by atoms with E-state index in [4.69, 9.17) is 16.3 Å². The summed E-state index contributed by atoms with van der Waals surface area (Å²) in [5.41, 5.74) is 0.897. The van der Waals surface area contributed by atoms with E-state index in [0.29, 0.717) is 18.1 Å². The summed E-state index contributed by atoms with van der Waals surface area (Å²) in [6, 6.07) is 4.81. The first kappa shape index (κ1) is 20.3. The Balaban J connectivity index is 2.52. The summed E-state index contributed by atoms with van der Waals surface area (Å²) in [5, 5.41) is 6.06. The summed E-state index contributed by atoms with van der Waals surface area (Å²) in [6.45, 7) is 4.92. The van der Waals surface area contributed by atoms with E-state index in [2.05, 4.69) is 10.6 Å². The lowest BCUT2D eigenvalue weighted by molar-refractivity contribution is -0.129. The summed E-state index contributed by atoms with van der Waals surface area (Å²) in [5.74, 6) is 0.334. The van der Waals surface area contributed by atoms with Crippen LogP contribution in [0.3, 0.4) is 0 Å². The van der Waals surface area contributed by atoms with E-state index >= 15 is 0 Å². The van der Waals surface area contributed by atoms with Gasteiger partial charge in [0.15, 0.2) is 0 Å². The van der Waals surface area contributed by atoms with Crippen LogP contribution in [0.15, 0.2) is 18.2 Å². The van der Waals surface area contributed by atoms with Gasteiger partial charge in [0.05, 0.1) is 13.7 Å². The molecule has 0 heterocycles. The Morgan fingerprint density at radius 1 is 1.38 bits per heavy atom. The van der Waals surface area contributed by atoms with Crippen LogP contribution in [0.2, 0.25) is 5.02 Å². The third kappa shape index (κ3) is 6.76. The number of methoxy groups -OCH3 is 1. The van der Waals surface area contributed by atoms with Crippen molar-refractivity contribution in [1.82, 2.24) is 15.5 Å². The van der Waals surface area contributed by atoms with Gasteiger partial charge in [-0.05, 0) is 38.6 Å². The third-order valence-corrected chi connectivity index (χ3v) is 3.65. The number of likely N-dealkylation sites (N-methyl/N-ethyl adjacent to an activating group) is 1. The fourth-order valence-corrected chi connectivity index (χ4v) is 2.41. The Morgan fingerprint density at radius 2 is 2.08 bits per heavy atom. The molecule has 1 aromatic rings. The van der Waals surface area contributed by atoms with Crippen LogP contribution in [0.4, 0.5) is 0 Å². The zero-order valence-corrected chi connectivity index (χ0v) is 15.4. The van der Waals surface area contributed by atoms with E-state index < -0.39 is 6.04 Å². The van der Waals surface area contributed by atoms with Crippen molar-refractivity contribution < 1.29 is 14.3 Å². The molecule has 1 atom stereocenters. The molecule has 0 aliphatic rings. The number of hydrogen-bond acceptors (Lipinski definition) is 4. The molecule has 0 unspecified atom stereocenters. The smallest absolute Gasteiger partial charge is 0.242 e. The topological polar surface area (TPSA) is 70.7 Å². The molecule has 0 aliphatic carbocycles. The first-order valence-electron chi connectivity index (χ1n) is 7.95. The van der Waals surface area contributed by atoms with Crippen LogP contribution in [0.5, 0.6) is 5.75 Å². The van der Waals surface area contributed by atoms with Crippen LogP contribution < -0.4 is 15.4 Å². The van der Waals surface area contributed by atoms with E-state index in [1.807, 2.05) is 24.9 Å². The number of ether oxygens (including phenoxy) is 1. The summed E-state index contributed by atoms with van der Waals surface area (Å²) in [6.07, 6.45) is 0.858. The van der Waals surface area contributed by atoms with Gasteiger partial charge in [0.1, 0.15) is 11.8 Å². The Kier molecular flexibility index (Phi) is 8.57. The Bertz CT molecular complexity index is 566. The van der Waals surface area contributed by atoms with Gasteiger partial charge in [0, 0.05) is 23.7 Å². The fraction of sp³-hybridized carbons (Fsp3) is 0.529. The molecule has 7 heteroatoms. The highest BCUT2D eigenvalue weighted by atomic mass is 35.5. The van der Waals surface area contributed by atoms with Gasteiger partial charge in [-0.1, -0.05) is 18.5 Å². The number of nitrogens with zero attached hydrogens (tertiary/aromatic N) is 1. The van der Waals surface area contributed by atoms with Crippen molar-refractivity contribution in [3.05, 3.63) is 28.8 Å². The zero-order chi connectivity index (χ0) is 18.1. The number of benzene rings is 1. The van der Waals surface area contributed by atoms with Crippen LogP contribution in [-0.4, -0.2) is 50.0 Å². The molecule has 134 valence electrons. The Morgan fingerprint density at radius 3 is 2.71 bits per heavy atom. The van der Waals surface area contributed by atoms with E-state index in [1.54, 1.807) is 26.2 Å². The van der Waals surface area contributed by atoms with Crippen molar-refractivity contribution in [2.45, 2.75) is 32.9 Å². The molecule has 0 bridgehead atoms. The highest BCUT2D eigenvalue weighted by Crippen LogP contribution is 2.23. The first-order chi connectivity index (χ1) is 11.4. The lowest BCUT2D eigenvalue weighted by Crippen LogP contribution is -2.47. The molecule has 2 N–H and O–H groups in total. The summed E-state index contributed by atoms with van der Waals surface area (Å²) in [7, 11) is 3.41. The molecule has 1 aromatic carbocycles. The minimum atomic E-state index is -0.557. The van der Waals surface area contributed by atoms with Crippen LogP contribution in [0, 0.1) is 0 Å². The number of rotatable bonds is 9. The number of carbonyl (C=O) groups excluding carboxylic acids is 2. The zero-order valence-electron chi connectivity index (χ0n) is 14.7. The van der Waals surface area contributed by atoms with E-state index in [-0.39, 0.29) is 18.4 Å². The van der Waals surface area contributed by atoms with E-state index in [9.17, 15) is 9.59 Å². The number of nitrogens with one attached hydrogen (secondary N) is 2. The van der Waals surface area contributed by atoms with Gasteiger partial charge in [-0.3, -0.25) is 14.5 Å². The fourth-order valence-electron chi connectivity index (χ4n) is 2.22. The Hall–Kier alpha value is -1.79. The predicted octanol–water partition coefficient (Wildman–Crippen LogP) is 1.81. The lowest BCUT2D eigenvalue weighted by Gasteiger charge is -2.20. The van der Waals surface area contributed by atoms with Gasteiger partial charge >= 0.3 is 0 Å². The maximum atomic E-state index is 12.1.